The molecule has 5 heteroatoms. The van der Waals surface area contributed by atoms with Crippen molar-refractivity contribution in [2.45, 2.75) is 6.42 Å². The van der Waals surface area contributed by atoms with Gasteiger partial charge in [-0.05, 0) is 42.0 Å². The van der Waals surface area contributed by atoms with Crippen LogP contribution in [0.15, 0.2) is 48.5 Å². The van der Waals surface area contributed by atoms with Crippen LogP contribution in [0, 0.1) is 0 Å². The molecule has 0 radical (unpaired) electrons. The van der Waals surface area contributed by atoms with Gasteiger partial charge in [0.05, 0.1) is 13.5 Å². The quantitative estimate of drug-likeness (QED) is 0.503. The molecule has 0 bridgehead atoms. The molecule has 0 spiro atoms. The number of nitrogen functional groups attached to an aromatic ring is 1. The molecule has 2 aromatic carbocycles. The van der Waals surface area contributed by atoms with E-state index in [9.17, 15) is 9.59 Å². The Hall–Kier alpha value is -2.82. The normalized spacial score (nSPS) is 10.0. The molecule has 2 aromatic rings. The first-order valence-corrected chi connectivity index (χ1v) is 6.76. The van der Waals surface area contributed by atoms with E-state index in [1.54, 1.807) is 55.6 Å². The van der Waals surface area contributed by atoms with Crippen LogP contribution >= 0.6 is 0 Å². The van der Waals surface area contributed by atoms with Crippen LogP contribution in [0.3, 0.4) is 0 Å². The molecule has 2 rings (SSSR count). The van der Waals surface area contributed by atoms with Gasteiger partial charge in [-0.3, -0.25) is 9.59 Å². The monoisotopic (exact) mass is 299 g/mol. The number of benzene rings is 2. The van der Waals surface area contributed by atoms with E-state index < -0.39 is 5.97 Å². The average molecular weight is 299 g/mol. The van der Waals surface area contributed by atoms with Crippen molar-refractivity contribution in [2.75, 3.05) is 19.5 Å². The van der Waals surface area contributed by atoms with Crippen LogP contribution in [-0.4, -0.2) is 25.5 Å². The Morgan fingerprint density at radius 1 is 1.00 bits per heavy atom. The second-order valence-corrected chi connectivity index (χ2v) is 4.73. The first-order chi connectivity index (χ1) is 10.6. The number of esters is 1. The summed E-state index contributed by atoms with van der Waals surface area (Å²) in [4.78, 5) is 23.6. The number of anilines is 1. The molecule has 2 N–H and O–H groups in total. The highest BCUT2D eigenvalue weighted by Gasteiger charge is 2.10. The lowest BCUT2D eigenvalue weighted by molar-refractivity contribution is -0.141. The Kier molecular flexibility index (Phi) is 5.14. The molecule has 0 amide bonds. The zero-order valence-electron chi connectivity index (χ0n) is 12.2. The number of carbonyl (C=O) groups is 2. The predicted molar refractivity (Wildman–Crippen MR) is 82.8 cm³/mol. The van der Waals surface area contributed by atoms with E-state index in [1.165, 1.54) is 0 Å². The topological polar surface area (TPSA) is 78.6 Å². The van der Waals surface area contributed by atoms with Crippen LogP contribution in [0.2, 0.25) is 0 Å². The van der Waals surface area contributed by atoms with Crippen LogP contribution in [0.5, 0.6) is 5.75 Å². The van der Waals surface area contributed by atoms with Gasteiger partial charge < -0.3 is 15.2 Å². The summed E-state index contributed by atoms with van der Waals surface area (Å²) in [7, 11) is 1.55. The molecule has 5 nitrogen and oxygen atoms in total. The van der Waals surface area contributed by atoms with Crippen molar-refractivity contribution >= 4 is 17.4 Å². The second-order valence-electron chi connectivity index (χ2n) is 4.73. The lowest BCUT2D eigenvalue weighted by Crippen LogP contribution is -2.15. The second kappa shape index (κ2) is 7.26. The third-order valence-corrected chi connectivity index (χ3v) is 3.10. The molecular weight excluding hydrogens is 282 g/mol. The predicted octanol–water partition coefficient (Wildman–Crippen LogP) is 2.25. The van der Waals surface area contributed by atoms with E-state index in [1.807, 2.05) is 0 Å². The Balaban J connectivity index is 1.84. The number of ketones is 1. The summed E-state index contributed by atoms with van der Waals surface area (Å²) >= 11 is 0. The summed E-state index contributed by atoms with van der Waals surface area (Å²) in [5.41, 5.74) is 7.46. The Bertz CT molecular complexity index is 647. The summed E-state index contributed by atoms with van der Waals surface area (Å²) in [6.45, 7) is -0.278. The highest BCUT2D eigenvalue weighted by molar-refractivity contribution is 5.98. The molecule has 0 aliphatic rings. The molecule has 0 unspecified atom stereocenters. The Labute approximate surface area is 128 Å². The van der Waals surface area contributed by atoms with E-state index in [-0.39, 0.29) is 18.8 Å². The van der Waals surface area contributed by atoms with Crippen LogP contribution in [0.1, 0.15) is 15.9 Å². The third kappa shape index (κ3) is 4.34. The van der Waals surface area contributed by atoms with Crippen LogP contribution in [-0.2, 0) is 16.0 Å². The number of Topliss-reactive ketones (excluding diaryl/α,β-unsaturated/α-hetero) is 1. The minimum atomic E-state index is -0.452. The van der Waals surface area contributed by atoms with Gasteiger partial charge in [-0.1, -0.05) is 12.1 Å². The lowest BCUT2D eigenvalue weighted by Gasteiger charge is -2.06. The highest BCUT2D eigenvalue weighted by atomic mass is 16.5. The molecule has 0 fully saturated rings. The first-order valence-electron chi connectivity index (χ1n) is 6.76. The summed E-state index contributed by atoms with van der Waals surface area (Å²) < 4.78 is 10.0. The van der Waals surface area contributed by atoms with Gasteiger partial charge in [0.2, 0.25) is 0 Å². The Morgan fingerprint density at radius 2 is 1.64 bits per heavy atom. The van der Waals surface area contributed by atoms with Crippen molar-refractivity contribution in [3.05, 3.63) is 59.7 Å². The smallest absolute Gasteiger partial charge is 0.310 e. The van der Waals surface area contributed by atoms with E-state index >= 15 is 0 Å². The minimum Gasteiger partial charge on any atom is -0.497 e. The molecule has 0 saturated carbocycles. The van der Waals surface area contributed by atoms with Crippen LogP contribution in [0.25, 0.3) is 0 Å². The number of hydrogen-bond donors (Lipinski definition) is 1. The molecular formula is C17H17NO4. The van der Waals surface area contributed by atoms with Crippen LogP contribution < -0.4 is 10.5 Å². The maximum Gasteiger partial charge on any atom is 0.310 e. The standard InChI is InChI=1S/C17H17NO4/c1-21-15-8-4-13(5-9-15)16(19)11-22-17(20)10-12-2-6-14(18)7-3-12/h2-9H,10-11,18H2,1H3. The molecule has 114 valence electrons. The van der Waals surface area contributed by atoms with Gasteiger partial charge in [0.15, 0.2) is 12.4 Å². The molecule has 0 heterocycles. The number of methoxy groups -OCH3 is 1. The maximum atomic E-state index is 11.9. The zero-order chi connectivity index (χ0) is 15.9. The number of hydrogen-bond acceptors (Lipinski definition) is 5. The number of rotatable bonds is 6. The number of carbonyl (C=O) groups excluding carboxylic acids is 2. The van der Waals surface area contributed by atoms with Gasteiger partial charge in [-0.2, -0.15) is 0 Å². The summed E-state index contributed by atoms with van der Waals surface area (Å²) in [5.74, 6) is -0.0446. The summed E-state index contributed by atoms with van der Waals surface area (Å²) in [6, 6.07) is 13.6. The van der Waals surface area contributed by atoms with E-state index in [2.05, 4.69) is 0 Å². The van der Waals surface area contributed by atoms with Gasteiger partial charge in [-0.15, -0.1) is 0 Å². The van der Waals surface area contributed by atoms with Crippen molar-refractivity contribution in [1.82, 2.24) is 0 Å². The zero-order valence-corrected chi connectivity index (χ0v) is 12.2. The molecule has 0 aliphatic carbocycles. The van der Waals surface area contributed by atoms with Crippen molar-refractivity contribution in [1.29, 1.82) is 0 Å². The van der Waals surface area contributed by atoms with Gasteiger partial charge in [0.1, 0.15) is 5.75 Å². The molecule has 0 atom stereocenters. The molecule has 0 aromatic heterocycles. The van der Waals surface area contributed by atoms with Crippen molar-refractivity contribution in [3.63, 3.8) is 0 Å². The highest BCUT2D eigenvalue weighted by Crippen LogP contribution is 2.12. The van der Waals surface area contributed by atoms with Gasteiger partial charge in [0.25, 0.3) is 0 Å². The van der Waals surface area contributed by atoms with Gasteiger partial charge in [0, 0.05) is 11.3 Å². The minimum absolute atomic E-state index is 0.107. The summed E-state index contributed by atoms with van der Waals surface area (Å²) in [5, 5.41) is 0. The summed E-state index contributed by atoms with van der Waals surface area (Å²) in [6.07, 6.45) is 0.107. The largest absolute Gasteiger partial charge is 0.497 e. The fourth-order valence-corrected chi connectivity index (χ4v) is 1.86. The molecule has 22 heavy (non-hydrogen) atoms. The average Bonchev–Trinajstić information content (AvgIpc) is 2.55. The fraction of sp³-hybridized carbons (Fsp3) is 0.176. The molecule has 0 saturated heterocycles. The Morgan fingerprint density at radius 3 is 2.23 bits per heavy atom. The van der Waals surface area contributed by atoms with Crippen molar-refractivity contribution in [2.24, 2.45) is 0 Å². The van der Waals surface area contributed by atoms with E-state index in [0.29, 0.717) is 17.0 Å². The fourth-order valence-electron chi connectivity index (χ4n) is 1.86. The van der Waals surface area contributed by atoms with Crippen molar-refractivity contribution < 1.29 is 19.1 Å². The maximum absolute atomic E-state index is 11.9. The van der Waals surface area contributed by atoms with E-state index in [4.69, 9.17) is 15.2 Å². The number of nitrogens with two attached hydrogens (primary N) is 1. The SMILES string of the molecule is COc1ccc(C(=O)COC(=O)Cc2ccc(N)cc2)cc1. The first kappa shape index (κ1) is 15.6. The number of ether oxygens (including phenoxy) is 2. The lowest BCUT2D eigenvalue weighted by atomic mass is 10.1. The van der Waals surface area contributed by atoms with Crippen LogP contribution in [0.4, 0.5) is 5.69 Å². The van der Waals surface area contributed by atoms with Crippen molar-refractivity contribution in [3.8, 4) is 5.75 Å². The molecule has 0 aliphatic heterocycles. The van der Waals surface area contributed by atoms with E-state index in [0.717, 1.165) is 5.56 Å². The van der Waals surface area contributed by atoms with Gasteiger partial charge >= 0.3 is 5.97 Å². The third-order valence-electron chi connectivity index (χ3n) is 3.10. The van der Waals surface area contributed by atoms with Gasteiger partial charge in [-0.25, -0.2) is 0 Å².